The molecule has 0 radical (unpaired) electrons. The van der Waals surface area contributed by atoms with E-state index in [1.165, 1.54) is 0 Å². The van der Waals surface area contributed by atoms with Crippen molar-refractivity contribution in [3.8, 4) is 0 Å². The van der Waals surface area contributed by atoms with Crippen LogP contribution in [0.2, 0.25) is 0 Å². The van der Waals surface area contributed by atoms with E-state index in [9.17, 15) is 4.79 Å². The van der Waals surface area contributed by atoms with Crippen LogP contribution in [-0.4, -0.2) is 28.8 Å². The first-order valence-electron chi connectivity index (χ1n) is 7.17. The molecule has 1 saturated heterocycles. The summed E-state index contributed by atoms with van der Waals surface area (Å²) in [4.78, 5) is 16.5. The fraction of sp³-hybridized carbons (Fsp3) is 0.714. The Bertz CT molecular complexity index is 490. The first kappa shape index (κ1) is 12.7. The number of nitrogens with one attached hydrogen (secondary N) is 1. The smallest absolute Gasteiger partial charge is 0.293 e. The lowest BCUT2D eigenvalue weighted by atomic mass is 9.93. The van der Waals surface area contributed by atoms with Gasteiger partial charge in [-0.05, 0) is 38.5 Å². The molecule has 104 valence electrons. The summed E-state index contributed by atoms with van der Waals surface area (Å²) >= 11 is 0. The molecule has 1 aliphatic carbocycles. The van der Waals surface area contributed by atoms with Gasteiger partial charge in [0.05, 0.1) is 0 Å². The predicted molar refractivity (Wildman–Crippen MR) is 73.4 cm³/mol. The number of hydrogen-bond donors (Lipinski definition) is 1. The van der Waals surface area contributed by atoms with E-state index in [-0.39, 0.29) is 11.6 Å². The van der Waals surface area contributed by atoms with Crippen LogP contribution in [0, 0.1) is 5.92 Å². The molecule has 2 heterocycles. The fourth-order valence-electron chi connectivity index (χ4n) is 2.71. The maximum atomic E-state index is 12.3. The normalized spacial score (nSPS) is 22.2. The SMILES string of the molecule is CC(Nc1nccn(C2CC2)c1=O)C1CCOCC1. The molecule has 1 aromatic rings. The van der Waals surface area contributed by atoms with Crippen molar-refractivity contribution in [1.82, 2.24) is 9.55 Å². The van der Waals surface area contributed by atoms with Crippen LogP contribution in [0.25, 0.3) is 0 Å². The van der Waals surface area contributed by atoms with Gasteiger partial charge in [0.15, 0.2) is 5.82 Å². The number of rotatable bonds is 4. The minimum absolute atomic E-state index is 0.0175. The molecule has 2 fully saturated rings. The zero-order valence-electron chi connectivity index (χ0n) is 11.3. The Morgan fingerprint density at radius 2 is 2.11 bits per heavy atom. The molecule has 0 aromatic carbocycles. The Kier molecular flexibility index (Phi) is 3.55. The maximum Gasteiger partial charge on any atom is 0.293 e. The highest BCUT2D eigenvalue weighted by Crippen LogP contribution is 2.33. The van der Waals surface area contributed by atoms with Gasteiger partial charge in [-0.1, -0.05) is 0 Å². The standard InChI is InChI=1S/C14H21N3O2/c1-10(11-4-8-19-9-5-11)16-13-14(18)17(7-6-15-13)12-2-3-12/h6-7,10-12H,2-5,8-9H2,1H3,(H,15,16). The van der Waals surface area contributed by atoms with E-state index < -0.39 is 0 Å². The van der Waals surface area contributed by atoms with Crippen molar-refractivity contribution < 1.29 is 4.74 Å². The van der Waals surface area contributed by atoms with Gasteiger partial charge < -0.3 is 14.6 Å². The largest absolute Gasteiger partial charge is 0.381 e. The average Bonchev–Trinajstić information content (AvgIpc) is 3.26. The third-order valence-electron chi connectivity index (χ3n) is 4.15. The van der Waals surface area contributed by atoms with E-state index in [0.29, 0.717) is 17.8 Å². The van der Waals surface area contributed by atoms with Crippen molar-refractivity contribution in [2.24, 2.45) is 5.92 Å². The van der Waals surface area contributed by atoms with Gasteiger partial charge in [0.1, 0.15) is 0 Å². The molecule has 1 unspecified atom stereocenters. The van der Waals surface area contributed by atoms with Crippen LogP contribution in [0.3, 0.4) is 0 Å². The average molecular weight is 263 g/mol. The second-order valence-corrected chi connectivity index (χ2v) is 5.60. The van der Waals surface area contributed by atoms with Gasteiger partial charge in [-0.3, -0.25) is 4.79 Å². The summed E-state index contributed by atoms with van der Waals surface area (Å²) in [6, 6.07) is 0.661. The lowest BCUT2D eigenvalue weighted by Crippen LogP contribution is -2.34. The monoisotopic (exact) mass is 263 g/mol. The molecule has 1 atom stereocenters. The lowest BCUT2D eigenvalue weighted by Gasteiger charge is -2.28. The topological polar surface area (TPSA) is 56.2 Å². The Labute approximate surface area is 113 Å². The Morgan fingerprint density at radius 1 is 1.37 bits per heavy atom. The van der Waals surface area contributed by atoms with Crippen molar-refractivity contribution in [2.45, 2.75) is 44.7 Å². The van der Waals surface area contributed by atoms with Crippen LogP contribution >= 0.6 is 0 Å². The van der Waals surface area contributed by atoms with Gasteiger partial charge in [0.2, 0.25) is 0 Å². The molecule has 2 aliphatic rings. The van der Waals surface area contributed by atoms with Crippen molar-refractivity contribution in [2.75, 3.05) is 18.5 Å². The molecule has 0 bridgehead atoms. The quantitative estimate of drug-likeness (QED) is 0.900. The third-order valence-corrected chi connectivity index (χ3v) is 4.15. The van der Waals surface area contributed by atoms with E-state index in [1.54, 1.807) is 12.4 Å². The molecule has 1 N–H and O–H groups in total. The van der Waals surface area contributed by atoms with Crippen LogP contribution < -0.4 is 10.9 Å². The highest BCUT2D eigenvalue weighted by molar-refractivity contribution is 5.32. The molecule has 5 heteroatoms. The van der Waals surface area contributed by atoms with Crippen LogP contribution in [-0.2, 0) is 4.74 Å². The maximum absolute atomic E-state index is 12.3. The summed E-state index contributed by atoms with van der Waals surface area (Å²) in [5, 5.41) is 3.30. The van der Waals surface area contributed by atoms with Crippen molar-refractivity contribution >= 4 is 5.82 Å². The molecule has 5 nitrogen and oxygen atoms in total. The predicted octanol–water partition coefficient (Wildman–Crippen LogP) is 1.81. The van der Waals surface area contributed by atoms with Crippen LogP contribution in [0.4, 0.5) is 5.82 Å². The zero-order chi connectivity index (χ0) is 13.2. The van der Waals surface area contributed by atoms with Crippen molar-refractivity contribution in [3.63, 3.8) is 0 Å². The summed E-state index contributed by atoms with van der Waals surface area (Å²) in [6.07, 6.45) is 7.84. The molecule has 1 aliphatic heterocycles. The van der Waals surface area contributed by atoms with Crippen LogP contribution in [0.15, 0.2) is 17.2 Å². The molecule has 0 spiro atoms. The molecular formula is C14H21N3O2. The molecule has 0 amide bonds. The van der Waals surface area contributed by atoms with E-state index in [4.69, 9.17) is 4.74 Å². The summed E-state index contributed by atoms with van der Waals surface area (Å²) in [5.41, 5.74) is 0.0175. The minimum Gasteiger partial charge on any atom is -0.381 e. The molecule has 1 saturated carbocycles. The second kappa shape index (κ2) is 5.33. The molecular weight excluding hydrogens is 242 g/mol. The number of aromatic nitrogens is 2. The van der Waals surface area contributed by atoms with Gasteiger partial charge in [0.25, 0.3) is 5.56 Å². The van der Waals surface area contributed by atoms with E-state index in [1.807, 2.05) is 4.57 Å². The summed E-state index contributed by atoms with van der Waals surface area (Å²) in [7, 11) is 0. The third kappa shape index (κ3) is 2.81. The summed E-state index contributed by atoms with van der Waals surface area (Å²) < 4.78 is 7.18. The number of anilines is 1. The van der Waals surface area contributed by atoms with Gasteiger partial charge in [0, 0.05) is 37.7 Å². The van der Waals surface area contributed by atoms with E-state index >= 15 is 0 Å². The summed E-state index contributed by atoms with van der Waals surface area (Å²) in [5.74, 6) is 1.05. The summed E-state index contributed by atoms with van der Waals surface area (Å²) in [6.45, 7) is 3.78. The van der Waals surface area contributed by atoms with Gasteiger partial charge in [-0.2, -0.15) is 0 Å². The molecule has 3 rings (SSSR count). The van der Waals surface area contributed by atoms with E-state index in [0.717, 1.165) is 38.9 Å². The number of ether oxygens (including phenoxy) is 1. The highest BCUT2D eigenvalue weighted by atomic mass is 16.5. The van der Waals surface area contributed by atoms with Crippen molar-refractivity contribution in [1.29, 1.82) is 0 Å². The van der Waals surface area contributed by atoms with Gasteiger partial charge >= 0.3 is 0 Å². The number of nitrogens with zero attached hydrogens (tertiary/aromatic N) is 2. The molecule has 1 aromatic heterocycles. The number of hydrogen-bond acceptors (Lipinski definition) is 4. The minimum atomic E-state index is 0.0175. The Hall–Kier alpha value is -1.36. The fourth-order valence-corrected chi connectivity index (χ4v) is 2.71. The highest BCUT2D eigenvalue weighted by Gasteiger charge is 2.26. The van der Waals surface area contributed by atoms with Crippen LogP contribution in [0.1, 0.15) is 38.6 Å². The van der Waals surface area contributed by atoms with Crippen molar-refractivity contribution in [3.05, 3.63) is 22.7 Å². The Morgan fingerprint density at radius 3 is 2.79 bits per heavy atom. The van der Waals surface area contributed by atoms with Gasteiger partial charge in [-0.25, -0.2) is 4.98 Å². The zero-order valence-corrected chi connectivity index (χ0v) is 11.3. The first-order chi connectivity index (χ1) is 9.25. The van der Waals surface area contributed by atoms with E-state index in [2.05, 4.69) is 17.2 Å². The first-order valence-corrected chi connectivity index (χ1v) is 7.17. The molecule has 19 heavy (non-hydrogen) atoms. The van der Waals surface area contributed by atoms with Gasteiger partial charge in [-0.15, -0.1) is 0 Å². The van der Waals surface area contributed by atoms with Crippen LogP contribution in [0.5, 0.6) is 0 Å². The Balaban J connectivity index is 1.71. The second-order valence-electron chi connectivity index (χ2n) is 5.60. The lowest BCUT2D eigenvalue weighted by molar-refractivity contribution is 0.0622.